The topological polar surface area (TPSA) is 70.3 Å². The van der Waals surface area contributed by atoms with E-state index in [1.165, 1.54) is 0 Å². The van der Waals surface area contributed by atoms with E-state index in [9.17, 15) is 0 Å². The molecular weight excluding hydrogens is 290 g/mol. The summed E-state index contributed by atoms with van der Waals surface area (Å²) < 4.78 is 10.7. The van der Waals surface area contributed by atoms with E-state index in [4.69, 9.17) is 15.2 Å². The minimum Gasteiger partial charge on any atom is -0.497 e. The Kier molecular flexibility index (Phi) is 3.78. The number of hydrogen-bond acceptors (Lipinski definition) is 5. The van der Waals surface area contributed by atoms with E-state index in [0.29, 0.717) is 17.3 Å². The Balaban J connectivity index is 2.20. The van der Waals surface area contributed by atoms with E-state index in [1.54, 1.807) is 20.4 Å². The predicted molar refractivity (Wildman–Crippen MR) is 92.0 cm³/mol. The quantitative estimate of drug-likeness (QED) is 0.750. The fourth-order valence-electron chi connectivity index (χ4n) is 2.61. The molecule has 0 radical (unpaired) electrons. The van der Waals surface area contributed by atoms with Gasteiger partial charge in [0, 0.05) is 29.6 Å². The van der Waals surface area contributed by atoms with Crippen molar-refractivity contribution in [1.82, 2.24) is 9.97 Å². The molecule has 0 aliphatic rings. The molecule has 0 amide bonds. The van der Waals surface area contributed by atoms with Crippen LogP contribution >= 0.6 is 0 Å². The number of aryl methyl sites for hydroxylation is 2. The molecule has 0 bridgehead atoms. The molecule has 5 heteroatoms. The molecule has 3 rings (SSSR count). The fraction of sp³-hybridized carbons (Fsp3) is 0.222. The van der Waals surface area contributed by atoms with E-state index in [1.807, 2.05) is 38.1 Å². The van der Waals surface area contributed by atoms with Gasteiger partial charge in [-0.15, -0.1) is 0 Å². The van der Waals surface area contributed by atoms with Crippen LogP contribution in [0, 0.1) is 13.8 Å². The Labute approximate surface area is 135 Å². The summed E-state index contributed by atoms with van der Waals surface area (Å²) in [5, 5.41) is 0.848. The molecule has 118 valence electrons. The van der Waals surface area contributed by atoms with E-state index in [-0.39, 0.29) is 0 Å². The lowest BCUT2D eigenvalue weighted by atomic mass is 10.0. The largest absolute Gasteiger partial charge is 0.497 e. The monoisotopic (exact) mass is 309 g/mol. The average molecular weight is 309 g/mol. The lowest BCUT2D eigenvalue weighted by molar-refractivity contribution is 0.397. The van der Waals surface area contributed by atoms with Gasteiger partial charge in [-0.2, -0.15) is 0 Å². The van der Waals surface area contributed by atoms with Crippen LogP contribution in [-0.4, -0.2) is 24.2 Å². The molecule has 0 unspecified atom stereocenters. The molecule has 0 saturated carbocycles. The van der Waals surface area contributed by atoms with E-state index < -0.39 is 0 Å². The lowest BCUT2D eigenvalue weighted by Crippen LogP contribution is -1.97. The zero-order valence-electron chi connectivity index (χ0n) is 13.7. The van der Waals surface area contributed by atoms with Gasteiger partial charge in [0.1, 0.15) is 11.5 Å². The number of rotatable bonds is 3. The number of aromatic nitrogens is 2. The van der Waals surface area contributed by atoms with Gasteiger partial charge in [0.25, 0.3) is 0 Å². The van der Waals surface area contributed by atoms with Crippen molar-refractivity contribution in [1.29, 1.82) is 0 Å². The summed E-state index contributed by atoms with van der Waals surface area (Å²) in [7, 11) is 3.24. The number of nitrogens with two attached hydrogens (primary N) is 1. The van der Waals surface area contributed by atoms with Crippen LogP contribution in [0.3, 0.4) is 0 Å². The van der Waals surface area contributed by atoms with Gasteiger partial charge in [-0.3, -0.25) is 0 Å². The Hall–Kier alpha value is -2.82. The fourth-order valence-corrected chi connectivity index (χ4v) is 2.61. The molecule has 0 fully saturated rings. The maximum Gasteiger partial charge on any atom is 0.159 e. The molecular formula is C18H19N3O2. The number of anilines is 1. The number of benzene rings is 2. The van der Waals surface area contributed by atoms with Gasteiger partial charge >= 0.3 is 0 Å². The summed E-state index contributed by atoms with van der Waals surface area (Å²) in [5.74, 6) is 2.04. The molecule has 0 spiro atoms. The molecule has 0 saturated heterocycles. The van der Waals surface area contributed by atoms with E-state index in [0.717, 1.165) is 33.3 Å². The van der Waals surface area contributed by atoms with Crippen molar-refractivity contribution in [3.8, 4) is 22.9 Å². The van der Waals surface area contributed by atoms with Crippen molar-refractivity contribution in [2.45, 2.75) is 13.8 Å². The van der Waals surface area contributed by atoms with Gasteiger partial charge in [-0.25, -0.2) is 9.97 Å². The number of fused-ring (bicyclic) bond motifs is 1. The second kappa shape index (κ2) is 5.76. The summed E-state index contributed by atoms with van der Waals surface area (Å²) in [6.07, 6.45) is 1.77. The third-order valence-electron chi connectivity index (χ3n) is 3.94. The highest BCUT2D eigenvalue weighted by molar-refractivity contribution is 5.87. The van der Waals surface area contributed by atoms with Gasteiger partial charge in [-0.1, -0.05) is 0 Å². The molecule has 2 aromatic carbocycles. The highest BCUT2D eigenvalue weighted by Gasteiger charge is 2.11. The van der Waals surface area contributed by atoms with Gasteiger partial charge in [0.15, 0.2) is 5.82 Å². The van der Waals surface area contributed by atoms with Crippen LogP contribution < -0.4 is 15.2 Å². The molecule has 0 aliphatic heterocycles. The number of nitrogens with zero attached hydrogens (tertiary/aromatic N) is 2. The first-order valence-corrected chi connectivity index (χ1v) is 7.29. The summed E-state index contributed by atoms with van der Waals surface area (Å²) in [4.78, 5) is 9.14. The van der Waals surface area contributed by atoms with Crippen LogP contribution in [-0.2, 0) is 0 Å². The van der Waals surface area contributed by atoms with Gasteiger partial charge < -0.3 is 15.2 Å². The molecule has 3 aromatic rings. The van der Waals surface area contributed by atoms with E-state index in [2.05, 4.69) is 9.97 Å². The zero-order chi connectivity index (χ0) is 16.6. The standard InChI is InChI=1S/C18H19N3O2/c1-10-5-12(6-11(2)17(10)19)18-20-9-14-15(21-18)7-13(22-3)8-16(14)23-4/h5-9H,19H2,1-4H3. The molecule has 0 aliphatic carbocycles. The minimum absolute atomic E-state index is 0.652. The van der Waals surface area contributed by atoms with Crippen molar-refractivity contribution < 1.29 is 9.47 Å². The first-order valence-electron chi connectivity index (χ1n) is 7.29. The summed E-state index contributed by atoms with van der Waals surface area (Å²) in [6.45, 7) is 3.97. The van der Waals surface area contributed by atoms with Crippen molar-refractivity contribution in [2.75, 3.05) is 20.0 Å². The summed E-state index contributed by atoms with van der Waals surface area (Å²) in [5.41, 5.74) is 10.6. The molecule has 5 nitrogen and oxygen atoms in total. The first-order chi connectivity index (χ1) is 11.0. The van der Waals surface area contributed by atoms with Crippen molar-refractivity contribution >= 4 is 16.6 Å². The molecule has 23 heavy (non-hydrogen) atoms. The van der Waals surface area contributed by atoms with Gasteiger partial charge in [0.2, 0.25) is 0 Å². The van der Waals surface area contributed by atoms with Crippen LogP contribution in [0.1, 0.15) is 11.1 Å². The van der Waals surface area contributed by atoms with Crippen LogP contribution in [0.2, 0.25) is 0 Å². The number of methoxy groups -OCH3 is 2. The second-order valence-electron chi connectivity index (χ2n) is 5.48. The highest BCUT2D eigenvalue weighted by Crippen LogP contribution is 2.31. The SMILES string of the molecule is COc1cc(OC)c2cnc(-c3cc(C)c(N)c(C)c3)nc2c1. The Morgan fingerprint density at radius 2 is 1.65 bits per heavy atom. The predicted octanol–water partition coefficient (Wildman–Crippen LogP) is 3.51. The van der Waals surface area contributed by atoms with Crippen LogP contribution in [0.5, 0.6) is 11.5 Å². The summed E-state index contributed by atoms with van der Waals surface area (Å²) >= 11 is 0. The normalized spacial score (nSPS) is 10.8. The molecule has 1 heterocycles. The Bertz CT molecular complexity index is 868. The van der Waals surface area contributed by atoms with Crippen LogP contribution in [0.15, 0.2) is 30.5 Å². The maximum atomic E-state index is 6.02. The van der Waals surface area contributed by atoms with Gasteiger partial charge in [-0.05, 0) is 37.1 Å². The summed E-state index contributed by atoms with van der Waals surface area (Å²) in [6, 6.07) is 7.70. The highest BCUT2D eigenvalue weighted by atomic mass is 16.5. The number of nitrogen functional groups attached to an aromatic ring is 1. The van der Waals surface area contributed by atoms with Crippen molar-refractivity contribution in [3.05, 3.63) is 41.6 Å². The minimum atomic E-state index is 0.652. The average Bonchev–Trinajstić information content (AvgIpc) is 2.57. The van der Waals surface area contributed by atoms with E-state index >= 15 is 0 Å². The maximum absolute atomic E-state index is 6.02. The van der Waals surface area contributed by atoms with Crippen LogP contribution in [0.25, 0.3) is 22.3 Å². The molecule has 1 aromatic heterocycles. The van der Waals surface area contributed by atoms with Gasteiger partial charge in [0.05, 0.1) is 25.1 Å². The first kappa shape index (κ1) is 15.1. The second-order valence-corrected chi connectivity index (χ2v) is 5.48. The Morgan fingerprint density at radius 3 is 2.26 bits per heavy atom. The van der Waals surface area contributed by atoms with Crippen molar-refractivity contribution in [2.24, 2.45) is 0 Å². The lowest BCUT2D eigenvalue weighted by Gasteiger charge is -2.11. The third kappa shape index (κ3) is 2.65. The molecule has 0 atom stereocenters. The third-order valence-corrected chi connectivity index (χ3v) is 3.94. The Morgan fingerprint density at radius 1 is 0.957 bits per heavy atom. The smallest absolute Gasteiger partial charge is 0.159 e. The number of hydrogen-bond donors (Lipinski definition) is 1. The number of ether oxygens (including phenoxy) is 2. The molecule has 2 N–H and O–H groups in total. The van der Waals surface area contributed by atoms with Crippen LogP contribution in [0.4, 0.5) is 5.69 Å². The van der Waals surface area contributed by atoms with Crippen molar-refractivity contribution in [3.63, 3.8) is 0 Å². The zero-order valence-corrected chi connectivity index (χ0v) is 13.7.